The average molecular weight is 420 g/mol. The molecule has 0 saturated carbocycles. The van der Waals surface area contributed by atoms with Gasteiger partial charge in [0.1, 0.15) is 22.6 Å². The second kappa shape index (κ2) is 15.1. The maximum Gasteiger partial charge on any atom is 0.308 e. The van der Waals surface area contributed by atoms with Crippen LogP contribution in [0.4, 0.5) is 5.69 Å². The second-order valence-electron chi connectivity index (χ2n) is 5.22. The number of esters is 1. The summed E-state index contributed by atoms with van der Waals surface area (Å²) < 4.78 is 4.69. The molecule has 0 unspecified atom stereocenters. The molecule has 0 saturated heterocycles. The van der Waals surface area contributed by atoms with Crippen LogP contribution in [0.1, 0.15) is 42.0 Å². The van der Waals surface area contributed by atoms with Crippen molar-refractivity contribution in [1.82, 2.24) is 15.2 Å². The first-order valence-electron chi connectivity index (χ1n) is 8.60. The number of fused-ring (bicyclic) bond motifs is 1. The van der Waals surface area contributed by atoms with Crippen molar-refractivity contribution >= 4 is 28.5 Å². The van der Waals surface area contributed by atoms with E-state index >= 15 is 0 Å². The standard InChI is InChI=1S/C8H7NO4.C6H5N3O.C3H6O.C2H6.CH4/c1-6(10)13-8-4-2-7(3-5-8)9(11)12;10-9-6-4-2-1-3-5(6)7-8-9;1-3(2)4;1-2;/h2-5H,1H3;1-4,10H;1-2H3;1-2H3;1H4. The zero-order valence-electron chi connectivity index (χ0n) is 16.9. The first kappa shape index (κ1) is 28.4. The first-order valence-corrected chi connectivity index (χ1v) is 8.60. The van der Waals surface area contributed by atoms with Crippen LogP contribution < -0.4 is 4.74 Å². The first-order chi connectivity index (χ1) is 13.7. The Morgan fingerprint density at radius 2 is 1.53 bits per heavy atom. The molecule has 0 atom stereocenters. The summed E-state index contributed by atoms with van der Waals surface area (Å²) in [4.78, 5) is 30.4. The number of ether oxygens (including phenoxy) is 1. The highest BCUT2D eigenvalue weighted by atomic mass is 16.6. The van der Waals surface area contributed by atoms with E-state index in [-0.39, 0.29) is 18.9 Å². The van der Waals surface area contributed by atoms with Gasteiger partial charge in [-0.15, -0.1) is 5.10 Å². The maximum absolute atomic E-state index is 10.5. The molecule has 0 radical (unpaired) electrons. The molecule has 0 spiro atoms. The van der Waals surface area contributed by atoms with Gasteiger partial charge >= 0.3 is 5.97 Å². The Bertz CT molecular complexity index is 918. The lowest BCUT2D eigenvalue weighted by molar-refractivity contribution is -0.384. The zero-order valence-corrected chi connectivity index (χ0v) is 16.9. The lowest BCUT2D eigenvalue weighted by Crippen LogP contribution is -2.01. The number of para-hydroxylation sites is 1. The van der Waals surface area contributed by atoms with Gasteiger partial charge in [-0.1, -0.05) is 38.3 Å². The highest BCUT2D eigenvalue weighted by Gasteiger charge is 2.04. The molecular weight excluding hydrogens is 392 g/mol. The number of rotatable bonds is 2. The summed E-state index contributed by atoms with van der Waals surface area (Å²) in [6.45, 7) is 8.32. The summed E-state index contributed by atoms with van der Waals surface area (Å²) in [5, 5.41) is 26.3. The number of nitro benzene ring substituents is 1. The molecular formula is C20H28N4O6. The highest BCUT2D eigenvalue weighted by molar-refractivity contribution is 5.73. The molecule has 1 N–H and O–H groups in total. The van der Waals surface area contributed by atoms with Crippen molar-refractivity contribution in [1.29, 1.82) is 0 Å². The molecule has 0 bridgehead atoms. The Morgan fingerprint density at radius 3 is 1.97 bits per heavy atom. The predicted octanol–water partition coefficient (Wildman–Crippen LogP) is 4.45. The third-order valence-corrected chi connectivity index (χ3v) is 2.64. The number of carbonyl (C=O) groups is 2. The quantitative estimate of drug-likeness (QED) is 0.211. The molecule has 0 aliphatic carbocycles. The fourth-order valence-corrected chi connectivity index (χ4v) is 1.66. The van der Waals surface area contributed by atoms with Gasteiger partial charge in [-0.2, -0.15) is 0 Å². The van der Waals surface area contributed by atoms with Crippen LogP contribution in [0, 0.1) is 10.1 Å². The smallest absolute Gasteiger partial charge is 0.308 e. The third kappa shape index (κ3) is 11.1. The Balaban J connectivity index is 0. The third-order valence-electron chi connectivity index (χ3n) is 2.64. The van der Waals surface area contributed by atoms with E-state index in [0.29, 0.717) is 16.8 Å². The summed E-state index contributed by atoms with van der Waals surface area (Å²) >= 11 is 0. The van der Waals surface area contributed by atoms with Crippen molar-refractivity contribution in [3.63, 3.8) is 0 Å². The lowest BCUT2D eigenvalue weighted by atomic mass is 10.3. The largest absolute Gasteiger partial charge is 0.427 e. The van der Waals surface area contributed by atoms with Gasteiger partial charge in [0.25, 0.3) is 5.69 Å². The summed E-state index contributed by atoms with van der Waals surface area (Å²) in [6.07, 6.45) is 0. The van der Waals surface area contributed by atoms with E-state index < -0.39 is 10.9 Å². The average Bonchev–Trinajstić information content (AvgIpc) is 3.05. The molecule has 0 amide bonds. The van der Waals surface area contributed by atoms with Crippen LogP contribution in [-0.4, -0.2) is 37.0 Å². The molecule has 1 heterocycles. The molecule has 1 aromatic heterocycles. The van der Waals surface area contributed by atoms with Crippen LogP contribution in [0.5, 0.6) is 5.75 Å². The highest BCUT2D eigenvalue weighted by Crippen LogP contribution is 2.17. The predicted molar refractivity (Wildman–Crippen MR) is 114 cm³/mol. The zero-order chi connectivity index (χ0) is 22.4. The number of Topliss-reactive ketones (excluding diaryl/α,β-unsaturated/α-hetero) is 1. The minimum absolute atomic E-state index is 0. The van der Waals surface area contributed by atoms with E-state index in [1.807, 2.05) is 26.0 Å². The number of ketones is 1. The minimum Gasteiger partial charge on any atom is -0.427 e. The molecule has 3 rings (SSSR count). The van der Waals surface area contributed by atoms with Crippen LogP contribution in [-0.2, 0) is 9.59 Å². The minimum atomic E-state index is -0.516. The number of hydrogen-bond acceptors (Lipinski definition) is 8. The monoisotopic (exact) mass is 420 g/mol. The van der Waals surface area contributed by atoms with Gasteiger partial charge < -0.3 is 14.7 Å². The van der Waals surface area contributed by atoms with E-state index in [9.17, 15) is 19.7 Å². The number of carbonyl (C=O) groups excluding carboxylic acids is 2. The SMILES string of the molecule is C.CC.CC(=O)Oc1ccc([N+](=O)[O-])cc1.CC(C)=O.On1nnc2ccccc21. The van der Waals surface area contributed by atoms with E-state index in [2.05, 4.69) is 15.0 Å². The lowest BCUT2D eigenvalue weighted by Gasteiger charge is -1.98. The summed E-state index contributed by atoms with van der Waals surface area (Å²) in [6, 6.07) is 12.5. The van der Waals surface area contributed by atoms with Crippen molar-refractivity contribution in [2.45, 2.75) is 42.0 Å². The van der Waals surface area contributed by atoms with Crippen molar-refractivity contribution in [3.05, 3.63) is 58.6 Å². The maximum atomic E-state index is 10.5. The number of nitro groups is 1. The topological polar surface area (TPSA) is 137 Å². The molecule has 10 nitrogen and oxygen atoms in total. The summed E-state index contributed by atoms with van der Waals surface area (Å²) in [5.41, 5.74) is 1.29. The van der Waals surface area contributed by atoms with Gasteiger partial charge in [0.2, 0.25) is 0 Å². The number of benzene rings is 2. The Kier molecular flexibility index (Phi) is 14.3. The van der Waals surface area contributed by atoms with E-state index in [1.165, 1.54) is 45.0 Å². The number of aromatic nitrogens is 3. The Labute approximate surface area is 175 Å². The molecule has 10 heteroatoms. The summed E-state index contributed by atoms with van der Waals surface area (Å²) in [7, 11) is 0. The molecule has 0 fully saturated rings. The van der Waals surface area contributed by atoms with Crippen molar-refractivity contribution in [2.24, 2.45) is 0 Å². The molecule has 3 aromatic rings. The van der Waals surface area contributed by atoms with Crippen molar-refractivity contribution in [2.75, 3.05) is 0 Å². The van der Waals surface area contributed by atoms with Gasteiger partial charge in [0.15, 0.2) is 0 Å². The van der Waals surface area contributed by atoms with Gasteiger partial charge in [0.05, 0.1) is 4.92 Å². The van der Waals surface area contributed by atoms with Crippen LogP contribution in [0.15, 0.2) is 48.5 Å². The molecule has 30 heavy (non-hydrogen) atoms. The molecule has 2 aromatic carbocycles. The van der Waals surface area contributed by atoms with Crippen molar-refractivity contribution < 1.29 is 24.5 Å². The number of non-ortho nitro benzene ring substituents is 1. The van der Waals surface area contributed by atoms with Gasteiger partial charge in [-0.25, -0.2) is 0 Å². The van der Waals surface area contributed by atoms with E-state index in [4.69, 9.17) is 5.21 Å². The van der Waals surface area contributed by atoms with Crippen LogP contribution in [0.3, 0.4) is 0 Å². The Hall–Kier alpha value is -3.82. The van der Waals surface area contributed by atoms with E-state index in [0.717, 1.165) is 4.85 Å². The second-order valence-corrected chi connectivity index (χ2v) is 5.22. The van der Waals surface area contributed by atoms with Crippen molar-refractivity contribution in [3.8, 4) is 5.75 Å². The summed E-state index contributed by atoms with van der Waals surface area (Å²) in [5.74, 6) is 0.0203. The van der Waals surface area contributed by atoms with Crippen LogP contribution in [0.2, 0.25) is 0 Å². The molecule has 164 valence electrons. The van der Waals surface area contributed by atoms with Gasteiger partial charge in [0, 0.05) is 19.1 Å². The van der Waals surface area contributed by atoms with Gasteiger partial charge in [-0.05, 0) is 43.3 Å². The normalized spacial score (nSPS) is 8.57. The van der Waals surface area contributed by atoms with Gasteiger partial charge in [-0.3, -0.25) is 14.9 Å². The fraction of sp³-hybridized carbons (Fsp3) is 0.300. The fourth-order valence-electron chi connectivity index (χ4n) is 1.66. The number of nitrogens with zero attached hydrogens (tertiary/aromatic N) is 4. The van der Waals surface area contributed by atoms with Crippen LogP contribution >= 0.6 is 0 Å². The van der Waals surface area contributed by atoms with E-state index in [1.54, 1.807) is 12.1 Å². The molecule has 0 aliphatic heterocycles. The number of hydrogen-bond donors (Lipinski definition) is 1. The molecule has 0 aliphatic rings. The van der Waals surface area contributed by atoms with Crippen LogP contribution in [0.25, 0.3) is 11.0 Å². The Morgan fingerprint density at radius 1 is 1.03 bits per heavy atom.